The zero-order valence-corrected chi connectivity index (χ0v) is 12.6. The molecule has 0 spiro atoms. The van der Waals surface area contributed by atoms with Crippen LogP contribution in [-0.4, -0.2) is 17.9 Å². The Morgan fingerprint density at radius 1 is 1.25 bits per heavy atom. The fourth-order valence-electron chi connectivity index (χ4n) is 1.66. The minimum atomic E-state index is 0.341. The van der Waals surface area contributed by atoms with E-state index in [1.165, 1.54) is 0 Å². The lowest BCUT2D eigenvalue weighted by atomic mass is 10.2. The van der Waals surface area contributed by atoms with E-state index in [0.717, 1.165) is 12.0 Å². The van der Waals surface area contributed by atoms with E-state index in [-0.39, 0.29) is 0 Å². The molecule has 0 atom stereocenters. The van der Waals surface area contributed by atoms with E-state index < -0.39 is 0 Å². The van der Waals surface area contributed by atoms with Gasteiger partial charge in [-0.25, -0.2) is 0 Å². The first-order valence-electron chi connectivity index (χ1n) is 6.18. The summed E-state index contributed by atoms with van der Waals surface area (Å²) >= 11 is 3.34. The van der Waals surface area contributed by atoms with Gasteiger partial charge in [-0.3, -0.25) is 9.78 Å². The number of nitrogens with zero attached hydrogens (tertiary/aromatic N) is 1. The molecule has 0 fully saturated rings. The fourth-order valence-corrected chi connectivity index (χ4v) is 2.07. The van der Waals surface area contributed by atoms with Gasteiger partial charge in [0.2, 0.25) is 0 Å². The minimum absolute atomic E-state index is 0.341. The SMILES string of the molecule is CCOc1cc(C=O)c(Br)cc1OCc1ccccn1. The van der Waals surface area contributed by atoms with E-state index in [0.29, 0.717) is 34.7 Å². The van der Waals surface area contributed by atoms with Crippen molar-refractivity contribution < 1.29 is 14.3 Å². The highest BCUT2D eigenvalue weighted by Gasteiger charge is 2.11. The Hall–Kier alpha value is -1.88. The van der Waals surface area contributed by atoms with Gasteiger partial charge in [0, 0.05) is 16.2 Å². The van der Waals surface area contributed by atoms with Gasteiger partial charge in [-0.2, -0.15) is 0 Å². The average Bonchev–Trinajstić information content (AvgIpc) is 2.48. The summed E-state index contributed by atoms with van der Waals surface area (Å²) in [4.78, 5) is 15.1. The number of hydrogen-bond donors (Lipinski definition) is 0. The molecule has 0 saturated heterocycles. The van der Waals surface area contributed by atoms with Crippen LogP contribution in [0.2, 0.25) is 0 Å². The number of aromatic nitrogens is 1. The maximum Gasteiger partial charge on any atom is 0.162 e. The minimum Gasteiger partial charge on any atom is -0.490 e. The third-order valence-corrected chi connectivity index (χ3v) is 3.28. The molecule has 0 unspecified atom stereocenters. The summed E-state index contributed by atoms with van der Waals surface area (Å²) < 4.78 is 11.9. The third-order valence-electron chi connectivity index (χ3n) is 2.59. The molecule has 104 valence electrons. The first-order chi connectivity index (χ1) is 9.74. The van der Waals surface area contributed by atoms with Crippen LogP contribution in [0.4, 0.5) is 0 Å². The summed E-state index contributed by atoms with van der Waals surface area (Å²) in [5.41, 5.74) is 1.35. The molecule has 1 heterocycles. The van der Waals surface area contributed by atoms with Crippen LogP contribution in [-0.2, 0) is 6.61 Å². The van der Waals surface area contributed by atoms with Crippen LogP contribution in [0.5, 0.6) is 11.5 Å². The molecular weight excluding hydrogens is 322 g/mol. The topological polar surface area (TPSA) is 48.4 Å². The Morgan fingerprint density at radius 3 is 2.70 bits per heavy atom. The number of carbonyl (C=O) groups is 1. The molecule has 20 heavy (non-hydrogen) atoms. The molecule has 0 N–H and O–H groups in total. The second kappa shape index (κ2) is 7.05. The molecule has 1 aromatic heterocycles. The van der Waals surface area contributed by atoms with Gasteiger partial charge in [-0.05, 0) is 47.1 Å². The number of carbonyl (C=O) groups excluding carboxylic acids is 1. The number of ether oxygens (including phenoxy) is 2. The highest BCUT2D eigenvalue weighted by molar-refractivity contribution is 9.10. The molecule has 2 aromatic rings. The molecule has 4 nitrogen and oxygen atoms in total. The summed E-state index contributed by atoms with van der Waals surface area (Å²) in [5.74, 6) is 1.13. The molecular formula is C15H14BrNO3. The predicted molar refractivity (Wildman–Crippen MR) is 79.3 cm³/mol. The lowest BCUT2D eigenvalue weighted by Crippen LogP contribution is -2.02. The maximum atomic E-state index is 10.9. The number of benzene rings is 1. The zero-order chi connectivity index (χ0) is 14.4. The van der Waals surface area contributed by atoms with Gasteiger partial charge in [0.05, 0.1) is 12.3 Å². The van der Waals surface area contributed by atoms with Crippen molar-refractivity contribution in [1.29, 1.82) is 0 Å². The monoisotopic (exact) mass is 335 g/mol. The molecule has 0 bridgehead atoms. The van der Waals surface area contributed by atoms with Crippen LogP contribution in [0.3, 0.4) is 0 Å². The summed E-state index contributed by atoms with van der Waals surface area (Å²) in [7, 11) is 0. The van der Waals surface area contributed by atoms with Gasteiger partial charge < -0.3 is 9.47 Å². The lowest BCUT2D eigenvalue weighted by Gasteiger charge is -2.13. The quantitative estimate of drug-likeness (QED) is 0.756. The molecule has 0 saturated carbocycles. The van der Waals surface area contributed by atoms with Crippen LogP contribution in [0.1, 0.15) is 23.0 Å². The van der Waals surface area contributed by atoms with Gasteiger partial charge in [0.25, 0.3) is 0 Å². The Labute approximate surface area is 125 Å². The fraction of sp³-hybridized carbons (Fsp3) is 0.200. The highest BCUT2D eigenvalue weighted by atomic mass is 79.9. The van der Waals surface area contributed by atoms with Crippen LogP contribution in [0, 0.1) is 0 Å². The smallest absolute Gasteiger partial charge is 0.162 e. The normalized spacial score (nSPS) is 10.1. The van der Waals surface area contributed by atoms with Crippen LogP contribution >= 0.6 is 15.9 Å². The molecule has 0 aliphatic heterocycles. The van der Waals surface area contributed by atoms with E-state index in [4.69, 9.17) is 9.47 Å². The lowest BCUT2D eigenvalue weighted by molar-refractivity contribution is 0.112. The highest BCUT2D eigenvalue weighted by Crippen LogP contribution is 2.33. The zero-order valence-electron chi connectivity index (χ0n) is 11.0. The van der Waals surface area contributed by atoms with Gasteiger partial charge in [-0.1, -0.05) is 6.07 Å². The van der Waals surface area contributed by atoms with Crippen molar-refractivity contribution in [3.05, 3.63) is 52.3 Å². The van der Waals surface area contributed by atoms with E-state index in [2.05, 4.69) is 20.9 Å². The van der Waals surface area contributed by atoms with Crippen molar-refractivity contribution in [2.45, 2.75) is 13.5 Å². The standard InChI is InChI=1S/C15H14BrNO3/c1-2-19-14-7-11(9-18)13(16)8-15(14)20-10-12-5-3-4-6-17-12/h3-9H,2,10H2,1H3. The van der Waals surface area contributed by atoms with Crippen LogP contribution < -0.4 is 9.47 Å². The number of halogens is 1. The number of hydrogen-bond acceptors (Lipinski definition) is 4. The predicted octanol–water partition coefficient (Wildman–Crippen LogP) is 3.63. The van der Waals surface area contributed by atoms with Crippen molar-refractivity contribution in [1.82, 2.24) is 4.98 Å². The number of rotatable bonds is 6. The van der Waals surface area contributed by atoms with E-state index in [1.54, 1.807) is 18.3 Å². The third kappa shape index (κ3) is 3.57. The average molecular weight is 336 g/mol. The van der Waals surface area contributed by atoms with Gasteiger partial charge >= 0.3 is 0 Å². The first-order valence-corrected chi connectivity index (χ1v) is 6.98. The second-order valence-electron chi connectivity index (χ2n) is 3.98. The first kappa shape index (κ1) is 14.5. The van der Waals surface area contributed by atoms with Gasteiger partial charge in [0.15, 0.2) is 17.8 Å². The van der Waals surface area contributed by atoms with Crippen molar-refractivity contribution >= 4 is 22.2 Å². The molecule has 2 rings (SSSR count). The molecule has 0 radical (unpaired) electrons. The van der Waals surface area contributed by atoms with E-state index >= 15 is 0 Å². The number of pyridine rings is 1. The molecule has 5 heteroatoms. The summed E-state index contributed by atoms with van der Waals surface area (Å²) in [5, 5.41) is 0. The van der Waals surface area contributed by atoms with Crippen molar-refractivity contribution in [3.63, 3.8) is 0 Å². The number of aldehydes is 1. The summed E-state index contributed by atoms with van der Waals surface area (Å²) in [6.07, 6.45) is 2.49. The van der Waals surface area contributed by atoms with Crippen LogP contribution in [0.25, 0.3) is 0 Å². The van der Waals surface area contributed by atoms with Crippen molar-refractivity contribution in [3.8, 4) is 11.5 Å². The van der Waals surface area contributed by atoms with Gasteiger partial charge in [0.1, 0.15) is 6.61 Å². The molecule has 0 amide bonds. The molecule has 1 aromatic carbocycles. The van der Waals surface area contributed by atoms with E-state index in [9.17, 15) is 4.79 Å². The largest absolute Gasteiger partial charge is 0.490 e. The van der Waals surface area contributed by atoms with Crippen LogP contribution in [0.15, 0.2) is 41.0 Å². The summed E-state index contributed by atoms with van der Waals surface area (Å²) in [6.45, 7) is 2.72. The van der Waals surface area contributed by atoms with E-state index in [1.807, 2.05) is 25.1 Å². The Balaban J connectivity index is 2.21. The second-order valence-corrected chi connectivity index (χ2v) is 4.84. The Bertz CT molecular complexity index is 587. The molecule has 0 aliphatic rings. The summed E-state index contributed by atoms with van der Waals surface area (Å²) in [6, 6.07) is 9.03. The van der Waals surface area contributed by atoms with Crippen molar-refractivity contribution in [2.24, 2.45) is 0 Å². The Kier molecular flexibility index (Phi) is 5.12. The molecule has 0 aliphatic carbocycles. The maximum absolute atomic E-state index is 10.9. The Morgan fingerprint density at radius 2 is 2.05 bits per heavy atom. The van der Waals surface area contributed by atoms with Crippen molar-refractivity contribution in [2.75, 3.05) is 6.61 Å². The van der Waals surface area contributed by atoms with Gasteiger partial charge in [-0.15, -0.1) is 0 Å².